The number of anilines is 2. The maximum Gasteiger partial charge on any atom is 0.264 e. The molecule has 1 atom stereocenters. The SMILES string of the molecule is CCC(=O)Nc1ccc(C(C)NC(=O)c2cccc(S(=O)(=O)N(CC)c3ccccc3)c2)cc1. The third kappa shape index (κ3) is 5.82. The summed E-state index contributed by atoms with van der Waals surface area (Å²) in [5.41, 5.74) is 2.36. The number of nitrogens with one attached hydrogen (secondary N) is 2. The minimum absolute atomic E-state index is 0.0505. The highest BCUT2D eigenvalue weighted by molar-refractivity contribution is 7.92. The Bertz CT molecular complexity index is 1240. The van der Waals surface area contributed by atoms with E-state index in [0.29, 0.717) is 17.8 Å². The van der Waals surface area contributed by atoms with E-state index in [1.54, 1.807) is 62.4 Å². The van der Waals surface area contributed by atoms with Crippen molar-refractivity contribution in [1.82, 2.24) is 5.32 Å². The summed E-state index contributed by atoms with van der Waals surface area (Å²) < 4.78 is 27.9. The minimum atomic E-state index is -3.84. The Labute approximate surface area is 200 Å². The normalized spacial score (nSPS) is 12.0. The topological polar surface area (TPSA) is 95.6 Å². The van der Waals surface area contributed by atoms with Gasteiger partial charge in [-0.2, -0.15) is 0 Å². The Balaban J connectivity index is 1.76. The monoisotopic (exact) mass is 479 g/mol. The van der Waals surface area contributed by atoms with Crippen molar-refractivity contribution in [3.8, 4) is 0 Å². The molecule has 2 amide bonds. The number of benzene rings is 3. The van der Waals surface area contributed by atoms with Gasteiger partial charge < -0.3 is 10.6 Å². The van der Waals surface area contributed by atoms with Crippen LogP contribution >= 0.6 is 0 Å². The average molecular weight is 480 g/mol. The van der Waals surface area contributed by atoms with Crippen molar-refractivity contribution >= 4 is 33.2 Å². The lowest BCUT2D eigenvalue weighted by atomic mass is 10.1. The summed E-state index contributed by atoms with van der Waals surface area (Å²) in [6.45, 7) is 5.64. The summed E-state index contributed by atoms with van der Waals surface area (Å²) in [4.78, 5) is 24.5. The first-order valence-electron chi connectivity index (χ1n) is 11.1. The molecule has 0 radical (unpaired) electrons. The van der Waals surface area contributed by atoms with Crippen LogP contribution in [0.5, 0.6) is 0 Å². The fourth-order valence-corrected chi connectivity index (χ4v) is 5.00. The van der Waals surface area contributed by atoms with E-state index >= 15 is 0 Å². The smallest absolute Gasteiger partial charge is 0.264 e. The Morgan fingerprint density at radius 1 is 0.912 bits per heavy atom. The van der Waals surface area contributed by atoms with Gasteiger partial charge in [0.05, 0.1) is 16.6 Å². The molecular weight excluding hydrogens is 450 g/mol. The number of carbonyl (C=O) groups excluding carboxylic acids is 2. The van der Waals surface area contributed by atoms with E-state index < -0.39 is 10.0 Å². The van der Waals surface area contributed by atoms with Crippen LogP contribution in [0, 0.1) is 0 Å². The van der Waals surface area contributed by atoms with Crippen molar-refractivity contribution < 1.29 is 18.0 Å². The molecule has 3 aromatic rings. The highest BCUT2D eigenvalue weighted by Gasteiger charge is 2.24. The highest BCUT2D eigenvalue weighted by Crippen LogP contribution is 2.24. The lowest BCUT2D eigenvalue weighted by Gasteiger charge is -2.23. The first-order valence-corrected chi connectivity index (χ1v) is 12.6. The zero-order valence-electron chi connectivity index (χ0n) is 19.5. The number of rotatable bonds is 9. The van der Waals surface area contributed by atoms with Gasteiger partial charge in [-0.15, -0.1) is 0 Å². The third-order valence-electron chi connectivity index (χ3n) is 5.38. The summed E-state index contributed by atoms with van der Waals surface area (Å²) in [5, 5.41) is 5.69. The highest BCUT2D eigenvalue weighted by atomic mass is 32.2. The lowest BCUT2D eigenvalue weighted by molar-refractivity contribution is -0.115. The molecule has 2 N–H and O–H groups in total. The van der Waals surface area contributed by atoms with Crippen LogP contribution in [0.1, 0.15) is 49.2 Å². The van der Waals surface area contributed by atoms with Gasteiger partial charge in [0.2, 0.25) is 5.91 Å². The molecule has 0 spiro atoms. The summed E-state index contributed by atoms with van der Waals surface area (Å²) in [7, 11) is -3.84. The predicted octanol–water partition coefficient (Wildman–Crippen LogP) is 4.74. The molecule has 0 saturated heterocycles. The first kappa shape index (κ1) is 25.0. The summed E-state index contributed by atoms with van der Waals surface area (Å²) in [6.07, 6.45) is 0.393. The number of sulfonamides is 1. The molecule has 0 fully saturated rings. The van der Waals surface area contributed by atoms with Gasteiger partial charge in [0.15, 0.2) is 0 Å². The van der Waals surface area contributed by atoms with Gasteiger partial charge in [0.25, 0.3) is 15.9 Å². The molecule has 1 unspecified atom stereocenters. The van der Waals surface area contributed by atoms with Crippen LogP contribution in [0.15, 0.2) is 83.8 Å². The largest absolute Gasteiger partial charge is 0.346 e. The van der Waals surface area contributed by atoms with E-state index in [4.69, 9.17) is 0 Å². The molecule has 0 saturated carbocycles. The number of carbonyl (C=O) groups is 2. The average Bonchev–Trinajstić information content (AvgIpc) is 2.85. The Morgan fingerprint density at radius 2 is 1.59 bits per heavy atom. The number of hydrogen-bond acceptors (Lipinski definition) is 4. The number of nitrogens with zero attached hydrogens (tertiary/aromatic N) is 1. The molecular formula is C26H29N3O4S. The summed E-state index contributed by atoms with van der Waals surface area (Å²) >= 11 is 0. The second kappa shape index (κ2) is 11.0. The first-order chi connectivity index (χ1) is 16.3. The molecule has 0 heterocycles. The van der Waals surface area contributed by atoms with E-state index in [0.717, 1.165) is 5.56 Å². The quantitative estimate of drug-likeness (QED) is 0.463. The standard InChI is InChI=1S/C26H29N3O4S/c1-4-25(30)28-22-16-14-20(15-17-22)19(3)27-26(31)21-10-9-13-24(18-21)34(32,33)29(5-2)23-11-7-6-8-12-23/h6-19H,4-5H2,1-3H3,(H,27,31)(H,28,30). The molecule has 34 heavy (non-hydrogen) atoms. The van der Waals surface area contributed by atoms with Crippen molar-refractivity contribution in [2.24, 2.45) is 0 Å². The Morgan fingerprint density at radius 3 is 2.21 bits per heavy atom. The lowest BCUT2D eigenvalue weighted by Crippen LogP contribution is -2.31. The van der Waals surface area contributed by atoms with E-state index in [9.17, 15) is 18.0 Å². The van der Waals surface area contributed by atoms with Gasteiger partial charge in [-0.25, -0.2) is 8.42 Å². The molecule has 3 aromatic carbocycles. The van der Waals surface area contributed by atoms with Gasteiger partial charge in [-0.3, -0.25) is 13.9 Å². The molecule has 0 aliphatic rings. The third-order valence-corrected chi connectivity index (χ3v) is 7.28. The van der Waals surface area contributed by atoms with Crippen LogP contribution in [0.3, 0.4) is 0 Å². The predicted molar refractivity (Wildman–Crippen MR) is 134 cm³/mol. The van der Waals surface area contributed by atoms with Crippen molar-refractivity contribution in [1.29, 1.82) is 0 Å². The maximum absolute atomic E-state index is 13.3. The van der Waals surface area contributed by atoms with E-state index in [-0.39, 0.29) is 34.9 Å². The molecule has 0 aliphatic carbocycles. The van der Waals surface area contributed by atoms with Crippen molar-refractivity contribution in [2.45, 2.75) is 38.1 Å². The zero-order valence-corrected chi connectivity index (χ0v) is 20.3. The fourth-order valence-electron chi connectivity index (χ4n) is 3.48. The maximum atomic E-state index is 13.3. The van der Waals surface area contributed by atoms with Crippen molar-refractivity contribution in [3.63, 3.8) is 0 Å². The van der Waals surface area contributed by atoms with Gasteiger partial charge >= 0.3 is 0 Å². The number of amides is 2. The van der Waals surface area contributed by atoms with Gasteiger partial charge in [-0.1, -0.05) is 43.3 Å². The Kier molecular flexibility index (Phi) is 8.07. The van der Waals surface area contributed by atoms with E-state index in [1.165, 1.54) is 16.4 Å². The van der Waals surface area contributed by atoms with E-state index in [1.807, 2.05) is 25.1 Å². The second-order valence-electron chi connectivity index (χ2n) is 7.75. The minimum Gasteiger partial charge on any atom is -0.346 e. The molecule has 0 aliphatic heterocycles. The van der Waals surface area contributed by atoms with Crippen LogP contribution in [0.4, 0.5) is 11.4 Å². The van der Waals surface area contributed by atoms with Crippen LogP contribution in [0.25, 0.3) is 0 Å². The molecule has 8 heteroatoms. The Hall–Kier alpha value is -3.65. The summed E-state index contributed by atoms with van der Waals surface area (Å²) in [5.74, 6) is -0.450. The van der Waals surface area contributed by atoms with Gasteiger partial charge in [0.1, 0.15) is 0 Å². The fraction of sp³-hybridized carbons (Fsp3) is 0.231. The molecule has 178 valence electrons. The molecule has 0 aromatic heterocycles. The molecule has 0 bridgehead atoms. The van der Waals surface area contributed by atoms with Crippen molar-refractivity contribution in [3.05, 3.63) is 90.0 Å². The number of hydrogen-bond donors (Lipinski definition) is 2. The zero-order chi connectivity index (χ0) is 24.7. The van der Waals surface area contributed by atoms with E-state index in [2.05, 4.69) is 10.6 Å². The van der Waals surface area contributed by atoms with Gasteiger partial charge in [0, 0.05) is 24.2 Å². The van der Waals surface area contributed by atoms with Crippen LogP contribution in [-0.2, 0) is 14.8 Å². The van der Waals surface area contributed by atoms with Crippen LogP contribution in [-0.4, -0.2) is 26.8 Å². The molecule has 7 nitrogen and oxygen atoms in total. The second-order valence-corrected chi connectivity index (χ2v) is 9.61. The van der Waals surface area contributed by atoms with Gasteiger partial charge in [-0.05, 0) is 61.9 Å². The van der Waals surface area contributed by atoms with Crippen LogP contribution < -0.4 is 14.9 Å². The summed E-state index contributed by atoms with van der Waals surface area (Å²) in [6, 6.07) is 21.8. The number of para-hydroxylation sites is 1. The molecule has 3 rings (SSSR count). The van der Waals surface area contributed by atoms with Crippen molar-refractivity contribution in [2.75, 3.05) is 16.2 Å². The van der Waals surface area contributed by atoms with Crippen LogP contribution in [0.2, 0.25) is 0 Å².